The monoisotopic (exact) mass is 2150 g/mol. The fraction of sp³-hybridized carbons (Fsp3) is 0.701. The number of nitrogens with one attached hydrogen (secondary N) is 9. The first-order valence-electron chi connectivity index (χ1n) is 50.2. The highest BCUT2D eigenvalue weighted by Crippen LogP contribution is 2.46. The number of phosphoric acid groups is 1. The number of hydrogen-bond acceptors (Lipinski definition) is 39. The van der Waals surface area contributed by atoms with Crippen molar-refractivity contribution in [1.29, 1.82) is 0 Å². The third kappa shape index (κ3) is 44.5. The first-order chi connectivity index (χ1) is 71.0. The second kappa shape index (κ2) is 66.5. The number of carbonyl (C=O) groups is 16. The molecule has 0 radical (unpaired) electrons. The number of allylic oxidation sites excluding steroid dienone is 1. The Morgan fingerprint density at radius 1 is 0.553 bits per heavy atom. The molecule has 4 aliphatic rings. The number of oxime groups is 2. The highest BCUT2D eigenvalue weighted by molar-refractivity contribution is 7.47. The normalized spacial score (nSPS) is 23.2. The molecule has 842 valence electrons. The van der Waals surface area contributed by atoms with E-state index >= 15 is 0 Å². The van der Waals surface area contributed by atoms with E-state index < -0.39 is 257 Å². The van der Waals surface area contributed by atoms with Gasteiger partial charge in [0, 0.05) is 146 Å². The fourth-order valence-electron chi connectivity index (χ4n) is 17.3. The van der Waals surface area contributed by atoms with Gasteiger partial charge in [0.05, 0.1) is 157 Å². The van der Waals surface area contributed by atoms with Crippen molar-refractivity contribution in [3.8, 4) is 0 Å². The highest BCUT2D eigenvalue weighted by atomic mass is 31.2. The molecule has 7 heterocycles. The second-order valence-corrected chi connectivity index (χ2v) is 40.4. The molecule has 0 aromatic carbocycles. The molecule has 3 aromatic rings. The Morgan fingerprint density at radius 2 is 1.01 bits per heavy atom. The van der Waals surface area contributed by atoms with Crippen molar-refractivity contribution in [2.24, 2.45) is 63.6 Å². The number of carbonyl (C=O) groups excluding carboxylic acids is 16. The zero-order chi connectivity index (χ0) is 112. The van der Waals surface area contributed by atoms with Gasteiger partial charge in [0.25, 0.3) is 0 Å². The number of likely N-dealkylation sites (tertiary alicyclic amines) is 3. The third-order valence-electron chi connectivity index (χ3n) is 25.5. The number of amides is 9. The lowest BCUT2D eigenvalue weighted by Crippen LogP contribution is -2.52. The van der Waals surface area contributed by atoms with Crippen molar-refractivity contribution in [2.75, 3.05) is 85.6 Å². The average Bonchev–Trinajstić information content (AvgIpc) is 1.67. The number of aliphatic hydroxyl groups is 12. The molecule has 0 saturated carbocycles. The van der Waals surface area contributed by atoms with Gasteiger partial charge in [-0.3, -0.25) is 85.8 Å². The topological polar surface area (TPSA) is 792 Å². The Balaban J connectivity index is 0.000000396. The van der Waals surface area contributed by atoms with Crippen molar-refractivity contribution in [3.63, 3.8) is 0 Å². The fourth-order valence-corrected chi connectivity index (χ4v) is 18.3. The summed E-state index contributed by atoms with van der Waals surface area (Å²) in [4.78, 5) is 255. The van der Waals surface area contributed by atoms with Gasteiger partial charge in [-0.1, -0.05) is 51.9 Å². The number of ether oxygens (including phenoxy) is 1. The first-order valence-corrected chi connectivity index (χ1v) is 51.7. The first kappa shape index (κ1) is 129. The maximum Gasteiger partial charge on any atom is 0.472 e. The molecular formula is C97H154N17O35P. The number of hydrogen-bond donors (Lipinski definition) is 22. The Hall–Kier alpha value is -11.3. The number of aromatic nitrogens is 6. The summed E-state index contributed by atoms with van der Waals surface area (Å²) >= 11 is 0. The van der Waals surface area contributed by atoms with Crippen molar-refractivity contribution < 1.29 is 171 Å². The SMILES string of the molecule is CC(=O)N1CCC[C@H]1C(=O)C[C@@H](CC(C)C)C(=O)N[C@@H](Cc1cnc[nH]1)C(=O)C[C@@H](CO)C(=O)NCCO/N=C/C(O)C(O)C(O)C(O)CO.CC(=O)N1CCC[C@H]1C(=O)C[C@@H](CC(C)C)C(=O)N[C@@H](Cc1cnc[nH]1)C(=O)C[C@@H](CO)C(=O)NCCO/N=C/C(O)C(O)C(O)CO.CC(=O)[C@H]1CC(=O)[C@H](CO)NC(=O)[C@H](Cc2cnc[nH]2)CC(=O)[C@H](CC(C)C)NC(=O)[C@@H]2C[C@H](CN2C(C)=O)O/C=C\CCCOP(=O)(O)O[C@@H]1C. The molecule has 0 spiro atoms. The van der Waals surface area contributed by atoms with Gasteiger partial charge in [-0.15, -0.1) is 0 Å². The van der Waals surface area contributed by atoms with E-state index in [-0.39, 0.29) is 144 Å². The van der Waals surface area contributed by atoms with E-state index in [0.29, 0.717) is 75.1 Å². The molecule has 52 nitrogen and oxygen atoms in total. The Kier molecular flexibility index (Phi) is 57.2. The molecule has 7 rings (SSSR count). The summed E-state index contributed by atoms with van der Waals surface area (Å²) in [6.07, 6.45) is 1.78. The predicted molar refractivity (Wildman–Crippen MR) is 531 cm³/mol. The summed E-state index contributed by atoms with van der Waals surface area (Å²) in [6.45, 7) is 14.5. The highest BCUT2D eigenvalue weighted by Gasteiger charge is 2.45. The number of rotatable bonds is 51. The lowest BCUT2D eigenvalue weighted by molar-refractivity contribution is -0.138. The van der Waals surface area contributed by atoms with Gasteiger partial charge >= 0.3 is 7.82 Å². The van der Waals surface area contributed by atoms with Crippen molar-refractivity contribution in [2.45, 2.75) is 295 Å². The number of ketones is 7. The molecule has 2 bridgehead atoms. The number of fused-ring (bicyclic) bond motifs is 2. The van der Waals surface area contributed by atoms with E-state index in [0.717, 1.165) is 12.4 Å². The summed E-state index contributed by atoms with van der Waals surface area (Å²) in [6, 6.07) is -6.81. The molecule has 53 heteroatoms. The zero-order valence-electron chi connectivity index (χ0n) is 86.7. The second-order valence-electron chi connectivity index (χ2n) is 39.0. The lowest BCUT2D eigenvalue weighted by atomic mass is 9.88. The molecule has 3 saturated heterocycles. The summed E-state index contributed by atoms with van der Waals surface area (Å²) in [5.74, 6) is -13.8. The molecule has 150 heavy (non-hydrogen) atoms. The Morgan fingerprint density at radius 3 is 1.43 bits per heavy atom. The van der Waals surface area contributed by atoms with Crippen LogP contribution in [0.1, 0.15) is 196 Å². The van der Waals surface area contributed by atoms with Crippen LogP contribution in [0.2, 0.25) is 0 Å². The van der Waals surface area contributed by atoms with Crippen LogP contribution in [0.5, 0.6) is 0 Å². The molecule has 3 fully saturated rings. The smallest absolute Gasteiger partial charge is 0.472 e. The van der Waals surface area contributed by atoms with Gasteiger partial charge in [0.2, 0.25) is 53.2 Å². The van der Waals surface area contributed by atoms with Crippen LogP contribution >= 0.6 is 7.82 Å². The molecule has 4 aliphatic heterocycles. The van der Waals surface area contributed by atoms with Gasteiger partial charge in [-0.05, 0) is 95.5 Å². The van der Waals surface area contributed by atoms with Crippen LogP contribution < -0.4 is 31.9 Å². The zero-order valence-corrected chi connectivity index (χ0v) is 87.5. The minimum Gasteiger partial charge on any atom is -0.496 e. The van der Waals surface area contributed by atoms with Gasteiger partial charge < -0.3 is 142 Å². The molecule has 9 amide bonds. The van der Waals surface area contributed by atoms with Crippen LogP contribution in [0, 0.1) is 53.3 Å². The van der Waals surface area contributed by atoms with E-state index in [1.807, 2.05) is 41.5 Å². The predicted octanol–water partition coefficient (Wildman–Crippen LogP) is -3.44. The van der Waals surface area contributed by atoms with Gasteiger partial charge in [-0.25, -0.2) is 19.5 Å². The van der Waals surface area contributed by atoms with Crippen molar-refractivity contribution >= 4 is 114 Å². The third-order valence-corrected chi connectivity index (χ3v) is 26.6. The number of aliphatic hydroxyl groups excluding tert-OH is 12. The summed E-state index contributed by atoms with van der Waals surface area (Å²) in [7, 11) is -4.66. The number of nitrogens with zero attached hydrogens (tertiary/aromatic N) is 8. The quantitative estimate of drug-likeness (QED) is 0.0113. The van der Waals surface area contributed by atoms with E-state index in [4.69, 9.17) is 33.7 Å². The van der Waals surface area contributed by atoms with Crippen molar-refractivity contribution in [3.05, 3.63) is 67.0 Å². The van der Waals surface area contributed by atoms with Gasteiger partial charge in [0.15, 0.2) is 34.7 Å². The average molecular weight is 2150 g/mol. The molecule has 8 unspecified atom stereocenters. The van der Waals surface area contributed by atoms with Crippen LogP contribution in [-0.4, -0.2) is 400 Å². The maximum absolute atomic E-state index is 13.9. The summed E-state index contributed by atoms with van der Waals surface area (Å²) in [5.41, 5.74) is 1.58. The van der Waals surface area contributed by atoms with E-state index in [1.54, 1.807) is 6.08 Å². The molecule has 0 aliphatic carbocycles. The molecule has 22 N–H and O–H groups in total. The van der Waals surface area contributed by atoms with Crippen LogP contribution in [0.4, 0.5) is 0 Å². The maximum atomic E-state index is 13.9. The lowest BCUT2D eigenvalue weighted by Gasteiger charge is -2.27. The van der Waals surface area contributed by atoms with Crippen LogP contribution in [0.25, 0.3) is 0 Å². The standard InChI is InChI=1S/C34H52N5O12P.C32H52N6O12.C31H50N6O11/c1-20(2)11-28-31(43)13-24(12-25-16-35-19-36-25)33(45)38-29(18-40)32(44)15-27(21(3)41)22(4)51-52(47,48)50-10-8-6-7-9-49-26-14-30(34(46)37-28)39(17-26)23(5)42;1-18(2)9-20(10-26(43)24-5-4-7-38(24)19(3)41)32(49)37-23(12-22-13-33-17-35-22)25(42)11-21(15-39)31(48)34-6-8-50-36-14-27(44)29(46)30(47)28(45)16-40;1-18(2)9-20(10-26(42)24-5-4-7-37(24)19(3)40)31(47)36-23(12-22-13-32-17-34-22)25(41)11-21(15-38)30(46)33-6-8-48-35-14-27(43)29(45)28(44)16-39/h7,9,16,19-20,22,24,26-30,40H,6,8,10-15,17-18H2,1-5H3,(H,35,36)(H,37,46)(H,38,45)(H,47,48);13-14,17-18,20-21,23-24,27-30,39-40,44-47H,4-12,15-16H2,1-3H3,(H,33,35)(H,34,48)(H,37,49);13-14,17-18,20-21,23-24,27-29,38-39,43-45H,4-12,15-16H2,1-3H3,(H,32,34)(H,33,46)(H,36,47)/b9-7-;36-14+;35-14+/t22-,24-,26-,27-,28+,29+,30+;20-,21+,23+,24+,27?,28?,29?,30?;20-,21+,23+,24+,27?,28?,29?/m111/s1. The minimum absolute atomic E-state index is 0.00768. The summed E-state index contributed by atoms with van der Waals surface area (Å²) in [5, 5.41) is 137. The molecular weight excluding hydrogens is 1990 g/mol. The number of aromatic amines is 3. The van der Waals surface area contributed by atoms with Crippen LogP contribution in [-0.2, 0) is 124 Å². The largest absolute Gasteiger partial charge is 0.496 e. The van der Waals surface area contributed by atoms with E-state index in [1.165, 1.54) is 93.2 Å². The van der Waals surface area contributed by atoms with Gasteiger partial charge in [0.1, 0.15) is 79.9 Å². The van der Waals surface area contributed by atoms with Crippen LogP contribution in [0.15, 0.2) is 60.2 Å². The van der Waals surface area contributed by atoms with E-state index in [2.05, 4.69) is 72.1 Å². The van der Waals surface area contributed by atoms with Gasteiger partial charge in [-0.2, -0.15) is 0 Å². The summed E-state index contributed by atoms with van der Waals surface area (Å²) < 4.78 is 28.7. The number of H-pyrrole nitrogens is 3. The molecule has 23 atom stereocenters. The molecule has 3 aromatic heterocycles. The Labute approximate surface area is 869 Å². The number of phosphoric ester groups is 1. The minimum atomic E-state index is -4.66. The van der Waals surface area contributed by atoms with Crippen LogP contribution in [0.3, 0.4) is 0 Å². The van der Waals surface area contributed by atoms with Crippen molar-refractivity contribution in [1.82, 2.24) is 76.5 Å². The van der Waals surface area contributed by atoms with E-state index in [9.17, 15) is 137 Å². The Bertz CT molecular complexity index is 4900. The number of Topliss-reactive ketones (excluding diaryl/α,β-unsaturated/α-hetero) is 7. The number of imidazole rings is 3.